The summed E-state index contributed by atoms with van der Waals surface area (Å²) in [5.74, 6) is -2.48. The molecule has 0 aliphatic carbocycles. The van der Waals surface area contributed by atoms with Gasteiger partial charge in [0.25, 0.3) is 0 Å². The van der Waals surface area contributed by atoms with E-state index in [-0.39, 0.29) is 23.7 Å². The normalized spacial score (nSPS) is 11.3. The van der Waals surface area contributed by atoms with Crippen molar-refractivity contribution in [3.63, 3.8) is 0 Å². The van der Waals surface area contributed by atoms with Gasteiger partial charge in [-0.05, 0) is 37.9 Å². The van der Waals surface area contributed by atoms with Crippen molar-refractivity contribution < 1.29 is 24.5 Å². The molecule has 5 aromatic rings. The lowest BCUT2D eigenvalue weighted by Gasteiger charge is -2.14. The SMILES string of the molecule is O=C(O)c1cc(OCc2ccc3ccc4cccc5ccc2c3c45)cc(C(=O)O)n1. The van der Waals surface area contributed by atoms with E-state index in [4.69, 9.17) is 4.74 Å². The van der Waals surface area contributed by atoms with E-state index in [2.05, 4.69) is 41.4 Å². The second kappa shape index (κ2) is 6.70. The van der Waals surface area contributed by atoms with Gasteiger partial charge in [-0.2, -0.15) is 0 Å². The lowest BCUT2D eigenvalue weighted by atomic mass is 9.92. The Balaban J connectivity index is 1.58. The fourth-order valence-corrected chi connectivity index (χ4v) is 3.89. The number of benzene rings is 4. The molecule has 0 fully saturated rings. The Kier molecular flexibility index (Phi) is 3.99. The van der Waals surface area contributed by atoms with Crippen molar-refractivity contribution in [2.45, 2.75) is 6.61 Å². The van der Waals surface area contributed by atoms with Crippen molar-refractivity contribution in [3.05, 3.63) is 83.7 Å². The van der Waals surface area contributed by atoms with Crippen LogP contribution in [0.4, 0.5) is 0 Å². The molecule has 2 N–H and O–H groups in total. The quantitative estimate of drug-likeness (QED) is 0.407. The Morgan fingerprint density at radius 2 is 1.33 bits per heavy atom. The zero-order valence-corrected chi connectivity index (χ0v) is 15.6. The second-order valence-corrected chi connectivity index (χ2v) is 7.05. The Morgan fingerprint density at radius 1 is 0.767 bits per heavy atom. The van der Waals surface area contributed by atoms with Crippen LogP contribution < -0.4 is 4.74 Å². The predicted octanol–water partition coefficient (Wildman–Crippen LogP) is 4.95. The van der Waals surface area contributed by atoms with Crippen LogP contribution in [0.25, 0.3) is 32.3 Å². The first-order valence-corrected chi connectivity index (χ1v) is 9.28. The average Bonchev–Trinajstić information content (AvgIpc) is 2.76. The summed E-state index contributed by atoms with van der Waals surface area (Å²) in [5.41, 5.74) is 0.173. The summed E-state index contributed by atoms with van der Waals surface area (Å²) >= 11 is 0. The number of nitrogens with zero attached hydrogens (tertiary/aromatic N) is 1. The summed E-state index contributed by atoms with van der Waals surface area (Å²) in [4.78, 5) is 26.1. The molecule has 4 aromatic carbocycles. The van der Waals surface area contributed by atoms with E-state index in [9.17, 15) is 19.8 Å². The van der Waals surface area contributed by atoms with Crippen molar-refractivity contribution in [2.75, 3.05) is 0 Å². The summed E-state index contributed by atoms with van der Waals surface area (Å²) in [6, 6.07) is 21.0. The minimum Gasteiger partial charge on any atom is -0.489 e. The van der Waals surface area contributed by atoms with Crippen LogP contribution in [0.15, 0.2) is 66.7 Å². The number of ether oxygens (including phenoxy) is 1. The monoisotopic (exact) mass is 397 g/mol. The Hall–Kier alpha value is -4.19. The first kappa shape index (κ1) is 17.9. The topological polar surface area (TPSA) is 96.7 Å². The summed E-state index contributed by atoms with van der Waals surface area (Å²) < 4.78 is 5.80. The molecule has 1 heterocycles. The third-order valence-electron chi connectivity index (χ3n) is 5.25. The third-order valence-corrected chi connectivity index (χ3v) is 5.25. The van der Waals surface area contributed by atoms with E-state index in [0.717, 1.165) is 32.5 Å². The van der Waals surface area contributed by atoms with E-state index in [0.29, 0.717) is 0 Å². The smallest absolute Gasteiger partial charge is 0.354 e. The highest BCUT2D eigenvalue weighted by molar-refractivity contribution is 6.23. The van der Waals surface area contributed by atoms with Crippen LogP contribution >= 0.6 is 0 Å². The standard InChI is InChI=1S/C24H15NO5/c26-23(27)19-10-17(11-20(25-19)24(28)29)30-12-16-7-6-15-5-4-13-2-1-3-14-8-9-18(16)22(15)21(13)14/h1-11H,12H2,(H,26,27)(H,28,29). The summed E-state index contributed by atoms with van der Waals surface area (Å²) in [7, 11) is 0. The largest absolute Gasteiger partial charge is 0.489 e. The molecule has 0 saturated carbocycles. The molecule has 6 nitrogen and oxygen atoms in total. The highest BCUT2D eigenvalue weighted by Crippen LogP contribution is 2.36. The van der Waals surface area contributed by atoms with Gasteiger partial charge in [0.1, 0.15) is 12.4 Å². The summed E-state index contributed by atoms with van der Waals surface area (Å²) in [6.07, 6.45) is 0. The van der Waals surface area contributed by atoms with Crippen LogP contribution in [0.1, 0.15) is 26.5 Å². The van der Waals surface area contributed by atoms with E-state index in [1.807, 2.05) is 18.2 Å². The molecular weight excluding hydrogens is 382 g/mol. The molecular formula is C24H15NO5. The molecule has 0 aliphatic rings. The molecule has 30 heavy (non-hydrogen) atoms. The number of aromatic nitrogens is 1. The predicted molar refractivity (Wildman–Crippen MR) is 113 cm³/mol. The molecule has 5 rings (SSSR count). The van der Waals surface area contributed by atoms with Crippen LogP contribution in [0.2, 0.25) is 0 Å². The molecule has 0 unspecified atom stereocenters. The van der Waals surface area contributed by atoms with Gasteiger partial charge >= 0.3 is 11.9 Å². The van der Waals surface area contributed by atoms with Crippen molar-refractivity contribution in [3.8, 4) is 5.75 Å². The van der Waals surface area contributed by atoms with Crippen LogP contribution in [0.3, 0.4) is 0 Å². The number of pyridine rings is 1. The van der Waals surface area contributed by atoms with E-state index < -0.39 is 11.9 Å². The lowest BCUT2D eigenvalue weighted by Crippen LogP contribution is -2.08. The maximum Gasteiger partial charge on any atom is 0.354 e. The fraction of sp³-hybridized carbons (Fsp3) is 0.0417. The van der Waals surface area contributed by atoms with Crippen LogP contribution in [0.5, 0.6) is 5.75 Å². The van der Waals surface area contributed by atoms with E-state index in [1.165, 1.54) is 17.5 Å². The number of carboxylic acid groups (broad SMARTS) is 2. The van der Waals surface area contributed by atoms with E-state index in [1.54, 1.807) is 0 Å². The van der Waals surface area contributed by atoms with Crippen molar-refractivity contribution in [1.29, 1.82) is 0 Å². The first-order valence-electron chi connectivity index (χ1n) is 9.28. The maximum absolute atomic E-state index is 11.3. The van der Waals surface area contributed by atoms with Gasteiger partial charge in [-0.15, -0.1) is 0 Å². The molecule has 0 atom stereocenters. The van der Waals surface area contributed by atoms with Gasteiger partial charge < -0.3 is 14.9 Å². The molecule has 0 aliphatic heterocycles. The lowest BCUT2D eigenvalue weighted by molar-refractivity contribution is 0.0683. The van der Waals surface area contributed by atoms with Crippen LogP contribution in [0, 0.1) is 0 Å². The van der Waals surface area contributed by atoms with Gasteiger partial charge in [0.15, 0.2) is 11.4 Å². The third kappa shape index (κ3) is 2.86. The molecule has 0 amide bonds. The van der Waals surface area contributed by atoms with E-state index >= 15 is 0 Å². The molecule has 6 heteroatoms. The molecule has 0 radical (unpaired) electrons. The van der Waals surface area contributed by atoms with Crippen molar-refractivity contribution >= 4 is 44.3 Å². The number of carboxylic acids is 2. The minimum absolute atomic E-state index is 0.144. The molecule has 0 saturated heterocycles. The van der Waals surface area contributed by atoms with Crippen LogP contribution in [-0.4, -0.2) is 27.1 Å². The highest BCUT2D eigenvalue weighted by Gasteiger charge is 2.15. The number of hydrogen-bond donors (Lipinski definition) is 2. The zero-order valence-electron chi connectivity index (χ0n) is 15.6. The second-order valence-electron chi connectivity index (χ2n) is 7.05. The van der Waals surface area contributed by atoms with Gasteiger partial charge in [-0.1, -0.05) is 54.6 Å². The van der Waals surface area contributed by atoms with Crippen molar-refractivity contribution in [2.24, 2.45) is 0 Å². The maximum atomic E-state index is 11.3. The van der Waals surface area contributed by atoms with Gasteiger partial charge in [-0.3, -0.25) is 0 Å². The van der Waals surface area contributed by atoms with Gasteiger partial charge in [0, 0.05) is 12.1 Å². The van der Waals surface area contributed by atoms with Gasteiger partial charge in [0.2, 0.25) is 0 Å². The molecule has 0 spiro atoms. The average molecular weight is 397 g/mol. The zero-order chi connectivity index (χ0) is 20.8. The molecule has 146 valence electrons. The summed E-state index contributed by atoms with van der Waals surface area (Å²) in [5, 5.41) is 25.2. The van der Waals surface area contributed by atoms with Crippen molar-refractivity contribution in [1.82, 2.24) is 4.98 Å². The number of rotatable bonds is 5. The number of hydrogen-bond acceptors (Lipinski definition) is 4. The minimum atomic E-state index is -1.31. The Bertz CT molecular complexity index is 1410. The molecule has 0 bridgehead atoms. The Labute approximate surface area is 170 Å². The van der Waals surface area contributed by atoms with Crippen LogP contribution in [-0.2, 0) is 6.61 Å². The number of aromatic carboxylic acids is 2. The van der Waals surface area contributed by atoms with Gasteiger partial charge in [-0.25, -0.2) is 14.6 Å². The fourth-order valence-electron chi connectivity index (χ4n) is 3.89. The molecule has 1 aromatic heterocycles. The first-order chi connectivity index (χ1) is 14.5. The highest BCUT2D eigenvalue weighted by atomic mass is 16.5. The Morgan fingerprint density at radius 3 is 1.97 bits per heavy atom. The number of carbonyl (C=O) groups is 2. The summed E-state index contributed by atoms with van der Waals surface area (Å²) in [6.45, 7) is 0.163. The van der Waals surface area contributed by atoms with Gasteiger partial charge in [0.05, 0.1) is 0 Å².